The number of rotatable bonds is 3. The second-order valence-corrected chi connectivity index (χ2v) is 5.57. The molecule has 1 aromatic carbocycles. The number of benzene rings is 1. The first-order chi connectivity index (χ1) is 8.34. The van der Waals surface area contributed by atoms with Crippen LogP contribution in [-0.4, -0.2) is 26.2 Å². The Morgan fingerprint density at radius 3 is 2.94 bits per heavy atom. The molecule has 3 rings (SSSR count). The van der Waals surface area contributed by atoms with Crippen LogP contribution in [0.3, 0.4) is 0 Å². The van der Waals surface area contributed by atoms with Crippen molar-refractivity contribution in [1.82, 2.24) is 5.32 Å². The van der Waals surface area contributed by atoms with E-state index in [0.29, 0.717) is 0 Å². The van der Waals surface area contributed by atoms with Crippen LogP contribution in [0, 0.1) is 11.8 Å². The molecule has 2 heterocycles. The van der Waals surface area contributed by atoms with Crippen molar-refractivity contribution in [2.24, 2.45) is 11.8 Å². The molecule has 17 heavy (non-hydrogen) atoms. The zero-order chi connectivity index (χ0) is 11.7. The van der Waals surface area contributed by atoms with E-state index in [1.54, 1.807) is 0 Å². The van der Waals surface area contributed by atoms with E-state index in [1.807, 2.05) is 0 Å². The summed E-state index contributed by atoms with van der Waals surface area (Å²) >= 11 is 0. The first-order valence-corrected chi connectivity index (χ1v) is 6.88. The highest BCUT2D eigenvalue weighted by Gasteiger charge is 2.26. The number of hydrogen-bond donors (Lipinski definition) is 1. The Kier molecular flexibility index (Phi) is 3.06. The van der Waals surface area contributed by atoms with Gasteiger partial charge in [-0.05, 0) is 49.4 Å². The highest BCUT2D eigenvalue weighted by molar-refractivity contribution is 5.55. The second-order valence-electron chi connectivity index (χ2n) is 5.57. The van der Waals surface area contributed by atoms with E-state index >= 15 is 0 Å². The van der Waals surface area contributed by atoms with Crippen LogP contribution in [0.1, 0.15) is 18.9 Å². The van der Waals surface area contributed by atoms with E-state index in [2.05, 4.69) is 41.4 Å². The molecule has 0 aliphatic carbocycles. The molecule has 1 saturated heterocycles. The Balaban J connectivity index is 1.71. The summed E-state index contributed by atoms with van der Waals surface area (Å²) in [4.78, 5) is 2.60. The molecule has 1 unspecified atom stereocenters. The van der Waals surface area contributed by atoms with Crippen LogP contribution in [0.25, 0.3) is 0 Å². The van der Waals surface area contributed by atoms with Gasteiger partial charge in [0.1, 0.15) is 0 Å². The first kappa shape index (κ1) is 11.1. The van der Waals surface area contributed by atoms with Gasteiger partial charge in [0.25, 0.3) is 0 Å². The molecule has 0 spiro atoms. The van der Waals surface area contributed by atoms with Crippen molar-refractivity contribution in [2.45, 2.75) is 19.8 Å². The van der Waals surface area contributed by atoms with Crippen LogP contribution in [0.2, 0.25) is 0 Å². The molecule has 2 heteroatoms. The van der Waals surface area contributed by atoms with Crippen LogP contribution >= 0.6 is 0 Å². The summed E-state index contributed by atoms with van der Waals surface area (Å²) in [6, 6.07) is 8.92. The van der Waals surface area contributed by atoms with Gasteiger partial charge in [0.15, 0.2) is 0 Å². The number of fused-ring (bicyclic) bond motifs is 1. The summed E-state index contributed by atoms with van der Waals surface area (Å²) in [6.07, 6.45) is 2.57. The number of anilines is 1. The fraction of sp³-hybridized carbons (Fsp3) is 0.600. The lowest BCUT2D eigenvalue weighted by Gasteiger charge is -2.38. The van der Waals surface area contributed by atoms with Gasteiger partial charge in [-0.15, -0.1) is 0 Å². The summed E-state index contributed by atoms with van der Waals surface area (Å²) in [6.45, 7) is 7.31. The van der Waals surface area contributed by atoms with E-state index in [0.717, 1.165) is 11.8 Å². The minimum atomic E-state index is 0.808. The fourth-order valence-corrected chi connectivity index (χ4v) is 3.01. The van der Waals surface area contributed by atoms with Crippen molar-refractivity contribution in [2.75, 3.05) is 31.1 Å². The third kappa shape index (κ3) is 2.19. The molecular weight excluding hydrogens is 208 g/mol. The van der Waals surface area contributed by atoms with E-state index in [1.165, 1.54) is 50.3 Å². The summed E-state index contributed by atoms with van der Waals surface area (Å²) in [5.74, 6) is 1.70. The Morgan fingerprint density at radius 1 is 1.35 bits per heavy atom. The monoisotopic (exact) mass is 230 g/mol. The van der Waals surface area contributed by atoms with Crippen molar-refractivity contribution in [1.29, 1.82) is 0 Å². The quantitative estimate of drug-likeness (QED) is 0.857. The van der Waals surface area contributed by atoms with Gasteiger partial charge >= 0.3 is 0 Å². The zero-order valence-corrected chi connectivity index (χ0v) is 10.7. The molecule has 1 fully saturated rings. The molecular formula is C15H22N2. The van der Waals surface area contributed by atoms with Crippen LogP contribution in [0.15, 0.2) is 24.3 Å². The molecule has 2 aliphatic heterocycles. The van der Waals surface area contributed by atoms with E-state index in [9.17, 15) is 0 Å². The normalized spacial score (nSPS) is 21.8. The average Bonchev–Trinajstić information content (AvgIpc) is 2.27. The van der Waals surface area contributed by atoms with Crippen molar-refractivity contribution < 1.29 is 0 Å². The number of aryl methyl sites for hydroxylation is 1. The van der Waals surface area contributed by atoms with Gasteiger partial charge < -0.3 is 10.2 Å². The Morgan fingerprint density at radius 2 is 2.18 bits per heavy atom. The molecule has 0 bridgehead atoms. The maximum absolute atomic E-state index is 3.38. The van der Waals surface area contributed by atoms with Crippen LogP contribution < -0.4 is 10.2 Å². The number of hydrogen-bond acceptors (Lipinski definition) is 2. The zero-order valence-electron chi connectivity index (χ0n) is 10.7. The number of nitrogens with zero attached hydrogens (tertiary/aromatic N) is 1. The Labute approximate surface area is 104 Å². The predicted molar refractivity (Wildman–Crippen MR) is 72.5 cm³/mol. The lowest BCUT2D eigenvalue weighted by atomic mass is 9.88. The predicted octanol–water partition coefficient (Wildman–Crippen LogP) is 2.29. The smallest absolute Gasteiger partial charge is 0.0398 e. The molecule has 1 aromatic rings. The van der Waals surface area contributed by atoms with Gasteiger partial charge in [-0.25, -0.2) is 0 Å². The molecule has 0 saturated carbocycles. The maximum Gasteiger partial charge on any atom is 0.0398 e. The highest BCUT2D eigenvalue weighted by atomic mass is 15.1. The molecule has 0 amide bonds. The van der Waals surface area contributed by atoms with Crippen LogP contribution in [0.5, 0.6) is 0 Å². The van der Waals surface area contributed by atoms with Crippen molar-refractivity contribution in [3.63, 3.8) is 0 Å². The topological polar surface area (TPSA) is 15.3 Å². The molecule has 2 nitrogen and oxygen atoms in total. The molecule has 92 valence electrons. The summed E-state index contributed by atoms with van der Waals surface area (Å²) in [5.41, 5.74) is 3.02. The van der Waals surface area contributed by atoms with Crippen molar-refractivity contribution in [3.05, 3.63) is 29.8 Å². The van der Waals surface area contributed by atoms with E-state index in [-0.39, 0.29) is 0 Å². The van der Waals surface area contributed by atoms with Gasteiger partial charge in [-0.1, -0.05) is 25.1 Å². The summed E-state index contributed by atoms with van der Waals surface area (Å²) < 4.78 is 0. The molecule has 0 radical (unpaired) electrons. The minimum absolute atomic E-state index is 0.808. The lowest BCUT2D eigenvalue weighted by molar-refractivity contribution is 0.250. The van der Waals surface area contributed by atoms with Gasteiger partial charge in [0.2, 0.25) is 0 Å². The average molecular weight is 230 g/mol. The van der Waals surface area contributed by atoms with Crippen molar-refractivity contribution >= 4 is 5.69 Å². The van der Waals surface area contributed by atoms with Gasteiger partial charge in [-0.2, -0.15) is 0 Å². The molecule has 1 N–H and O–H groups in total. The maximum atomic E-state index is 3.38. The largest absolute Gasteiger partial charge is 0.371 e. The van der Waals surface area contributed by atoms with Crippen LogP contribution in [0.4, 0.5) is 5.69 Å². The lowest BCUT2D eigenvalue weighted by Crippen LogP contribution is -2.48. The third-order valence-corrected chi connectivity index (χ3v) is 4.33. The minimum Gasteiger partial charge on any atom is -0.371 e. The third-order valence-electron chi connectivity index (χ3n) is 4.33. The first-order valence-electron chi connectivity index (χ1n) is 6.88. The van der Waals surface area contributed by atoms with Crippen LogP contribution in [-0.2, 0) is 6.42 Å². The molecule has 2 aliphatic rings. The van der Waals surface area contributed by atoms with Gasteiger partial charge in [-0.3, -0.25) is 0 Å². The highest BCUT2D eigenvalue weighted by Crippen LogP contribution is 2.28. The summed E-state index contributed by atoms with van der Waals surface area (Å²) in [7, 11) is 0. The Bertz CT molecular complexity index is 384. The second kappa shape index (κ2) is 4.69. The van der Waals surface area contributed by atoms with E-state index in [4.69, 9.17) is 0 Å². The Hall–Kier alpha value is -1.02. The van der Waals surface area contributed by atoms with E-state index < -0.39 is 0 Å². The molecule has 1 atom stereocenters. The standard InChI is InChI=1S/C15H22N2/c1-12(14-9-16-10-14)11-17-8-4-6-13-5-2-3-7-15(13)17/h2-3,5,7,12,14,16H,4,6,8-11H2,1H3. The van der Waals surface area contributed by atoms with Gasteiger partial charge in [0, 0.05) is 18.8 Å². The fourth-order valence-electron chi connectivity index (χ4n) is 3.01. The van der Waals surface area contributed by atoms with Gasteiger partial charge in [0.05, 0.1) is 0 Å². The molecule has 0 aromatic heterocycles. The SMILES string of the molecule is CC(CN1CCCc2ccccc21)C1CNC1. The summed E-state index contributed by atoms with van der Waals surface area (Å²) in [5, 5.41) is 3.38. The number of nitrogens with one attached hydrogen (secondary N) is 1. The number of para-hydroxylation sites is 1. The van der Waals surface area contributed by atoms with Crippen molar-refractivity contribution in [3.8, 4) is 0 Å².